The van der Waals surface area contributed by atoms with Crippen LogP contribution in [0.2, 0.25) is 0 Å². The van der Waals surface area contributed by atoms with Gasteiger partial charge in [0, 0.05) is 32.3 Å². The zero-order valence-corrected chi connectivity index (χ0v) is 13.8. The average molecular weight is 355 g/mol. The number of carbonyl (C=O) groups excluding carboxylic acids is 2. The van der Waals surface area contributed by atoms with Gasteiger partial charge in [0.2, 0.25) is 11.8 Å². The molecule has 1 aromatic rings. The Morgan fingerprint density at radius 1 is 1.12 bits per heavy atom. The Bertz CT molecular complexity index is 634. The van der Waals surface area contributed by atoms with E-state index in [1.165, 1.54) is 24.3 Å². The fourth-order valence-corrected chi connectivity index (χ4v) is 2.34. The maximum Gasteiger partial charge on any atom is 0.416 e. The number of benzene rings is 1. The molecule has 0 radical (unpaired) electrons. The molecule has 1 fully saturated rings. The minimum Gasteiger partial charge on any atom is -0.343 e. The van der Waals surface area contributed by atoms with Crippen molar-refractivity contribution < 1.29 is 22.8 Å². The number of amides is 2. The van der Waals surface area contributed by atoms with Gasteiger partial charge in [-0.25, -0.2) is 0 Å². The maximum atomic E-state index is 12.5. The SMILES string of the molecule is CN1CCN(C(=O)CNC(=O)/C=C/c2ccc(C(F)(F)F)cc2)CC1. The minimum absolute atomic E-state index is 0.0973. The predicted octanol–water partition coefficient (Wildman–Crippen LogP) is 1.61. The monoisotopic (exact) mass is 355 g/mol. The highest BCUT2D eigenvalue weighted by atomic mass is 19.4. The molecule has 1 aromatic carbocycles. The van der Waals surface area contributed by atoms with E-state index in [1.807, 2.05) is 7.05 Å². The number of likely N-dealkylation sites (N-methyl/N-ethyl adjacent to an activating group) is 1. The molecule has 1 saturated heterocycles. The van der Waals surface area contributed by atoms with Crippen LogP contribution in [0.5, 0.6) is 0 Å². The van der Waals surface area contributed by atoms with Crippen LogP contribution >= 0.6 is 0 Å². The Labute approximate surface area is 144 Å². The average Bonchev–Trinajstić information content (AvgIpc) is 2.58. The van der Waals surface area contributed by atoms with E-state index in [0.29, 0.717) is 18.7 Å². The van der Waals surface area contributed by atoms with Crippen molar-refractivity contribution in [2.24, 2.45) is 0 Å². The molecule has 5 nitrogen and oxygen atoms in total. The van der Waals surface area contributed by atoms with E-state index in [2.05, 4.69) is 10.2 Å². The third kappa shape index (κ3) is 5.90. The lowest BCUT2D eigenvalue weighted by atomic mass is 10.1. The summed E-state index contributed by atoms with van der Waals surface area (Å²) in [5.41, 5.74) is -0.277. The normalized spacial score (nSPS) is 16.2. The van der Waals surface area contributed by atoms with E-state index in [1.54, 1.807) is 4.90 Å². The van der Waals surface area contributed by atoms with Gasteiger partial charge in [-0.05, 0) is 30.8 Å². The molecule has 0 bridgehead atoms. The molecule has 0 unspecified atom stereocenters. The molecular weight excluding hydrogens is 335 g/mol. The first-order chi connectivity index (χ1) is 11.8. The molecule has 25 heavy (non-hydrogen) atoms. The van der Waals surface area contributed by atoms with Crippen LogP contribution in [0, 0.1) is 0 Å². The predicted molar refractivity (Wildman–Crippen MR) is 87.6 cm³/mol. The van der Waals surface area contributed by atoms with E-state index in [0.717, 1.165) is 25.2 Å². The number of halogens is 3. The minimum atomic E-state index is -4.39. The molecule has 2 amide bonds. The number of piperazine rings is 1. The highest BCUT2D eigenvalue weighted by Gasteiger charge is 2.29. The Morgan fingerprint density at radius 2 is 1.72 bits per heavy atom. The third-order valence-electron chi connectivity index (χ3n) is 3.93. The van der Waals surface area contributed by atoms with E-state index < -0.39 is 17.6 Å². The van der Waals surface area contributed by atoms with Gasteiger partial charge in [-0.1, -0.05) is 12.1 Å². The number of nitrogens with one attached hydrogen (secondary N) is 1. The van der Waals surface area contributed by atoms with Gasteiger partial charge in [-0.15, -0.1) is 0 Å². The zero-order chi connectivity index (χ0) is 18.4. The first-order valence-electron chi connectivity index (χ1n) is 7.85. The molecular formula is C17H20F3N3O2. The van der Waals surface area contributed by atoms with Crippen molar-refractivity contribution in [1.29, 1.82) is 0 Å². The molecule has 0 aliphatic carbocycles. The summed E-state index contributed by atoms with van der Waals surface area (Å²) >= 11 is 0. The molecule has 136 valence electrons. The topological polar surface area (TPSA) is 52.6 Å². The van der Waals surface area contributed by atoms with Crippen molar-refractivity contribution >= 4 is 17.9 Å². The van der Waals surface area contributed by atoms with Gasteiger partial charge in [0.25, 0.3) is 0 Å². The van der Waals surface area contributed by atoms with Crippen molar-refractivity contribution in [3.05, 3.63) is 41.5 Å². The van der Waals surface area contributed by atoms with Crippen LogP contribution in [-0.2, 0) is 15.8 Å². The van der Waals surface area contributed by atoms with Gasteiger partial charge in [0.1, 0.15) is 0 Å². The smallest absolute Gasteiger partial charge is 0.343 e. The number of alkyl halides is 3. The van der Waals surface area contributed by atoms with E-state index in [-0.39, 0.29) is 12.5 Å². The quantitative estimate of drug-likeness (QED) is 0.835. The molecule has 1 aliphatic rings. The summed E-state index contributed by atoms with van der Waals surface area (Å²) in [6, 6.07) is 4.47. The first-order valence-corrected chi connectivity index (χ1v) is 7.85. The first kappa shape index (κ1) is 19.0. The molecule has 2 rings (SSSR count). The lowest BCUT2D eigenvalue weighted by molar-refractivity contribution is -0.137. The fourth-order valence-electron chi connectivity index (χ4n) is 2.34. The van der Waals surface area contributed by atoms with Crippen molar-refractivity contribution in [3.63, 3.8) is 0 Å². The summed E-state index contributed by atoms with van der Waals surface area (Å²) in [6.07, 6.45) is -1.79. The van der Waals surface area contributed by atoms with E-state index in [9.17, 15) is 22.8 Å². The Kier molecular flexibility index (Phi) is 6.19. The standard InChI is InChI=1S/C17H20F3N3O2/c1-22-8-10-23(11-9-22)16(25)12-21-15(24)7-4-13-2-5-14(6-3-13)17(18,19)20/h2-7H,8-12H2,1H3,(H,21,24)/b7-4+. The molecule has 0 spiro atoms. The second-order valence-corrected chi connectivity index (χ2v) is 5.85. The van der Waals surface area contributed by atoms with Gasteiger partial charge in [-0.3, -0.25) is 9.59 Å². The van der Waals surface area contributed by atoms with Crippen LogP contribution in [0.25, 0.3) is 6.08 Å². The zero-order valence-electron chi connectivity index (χ0n) is 13.8. The van der Waals surface area contributed by atoms with Crippen LogP contribution in [0.4, 0.5) is 13.2 Å². The Hall–Kier alpha value is -2.35. The van der Waals surface area contributed by atoms with Gasteiger partial charge in [0.05, 0.1) is 12.1 Å². The summed E-state index contributed by atoms with van der Waals surface area (Å²) in [5.74, 6) is -0.619. The number of nitrogens with zero attached hydrogens (tertiary/aromatic N) is 2. The van der Waals surface area contributed by atoms with Crippen LogP contribution in [0.3, 0.4) is 0 Å². The lowest BCUT2D eigenvalue weighted by Crippen LogP contribution is -2.49. The second-order valence-electron chi connectivity index (χ2n) is 5.85. The van der Waals surface area contributed by atoms with Crippen LogP contribution < -0.4 is 5.32 Å². The van der Waals surface area contributed by atoms with Gasteiger partial charge >= 0.3 is 6.18 Å². The van der Waals surface area contributed by atoms with Gasteiger partial charge < -0.3 is 15.1 Å². The number of rotatable bonds is 4. The summed E-state index contributed by atoms with van der Waals surface area (Å²) < 4.78 is 37.4. The van der Waals surface area contributed by atoms with Gasteiger partial charge in [0.15, 0.2) is 0 Å². The Balaban J connectivity index is 1.79. The summed E-state index contributed by atoms with van der Waals surface area (Å²) in [7, 11) is 1.98. The largest absolute Gasteiger partial charge is 0.416 e. The lowest BCUT2D eigenvalue weighted by Gasteiger charge is -2.32. The number of carbonyl (C=O) groups is 2. The molecule has 1 aliphatic heterocycles. The molecule has 0 aromatic heterocycles. The highest BCUT2D eigenvalue weighted by molar-refractivity contribution is 5.94. The van der Waals surface area contributed by atoms with Crippen molar-refractivity contribution in [1.82, 2.24) is 15.1 Å². The number of hydrogen-bond acceptors (Lipinski definition) is 3. The van der Waals surface area contributed by atoms with Gasteiger partial charge in [-0.2, -0.15) is 13.2 Å². The summed E-state index contributed by atoms with van der Waals surface area (Å²) in [5, 5.41) is 2.49. The molecule has 1 N–H and O–H groups in total. The van der Waals surface area contributed by atoms with Crippen LogP contribution in [0.1, 0.15) is 11.1 Å². The van der Waals surface area contributed by atoms with Crippen LogP contribution in [-0.4, -0.2) is 61.4 Å². The van der Waals surface area contributed by atoms with Crippen LogP contribution in [0.15, 0.2) is 30.3 Å². The van der Waals surface area contributed by atoms with Crippen molar-refractivity contribution in [2.75, 3.05) is 39.8 Å². The van der Waals surface area contributed by atoms with E-state index >= 15 is 0 Å². The molecule has 8 heteroatoms. The third-order valence-corrected chi connectivity index (χ3v) is 3.93. The van der Waals surface area contributed by atoms with E-state index in [4.69, 9.17) is 0 Å². The molecule has 0 atom stereocenters. The molecule has 0 saturated carbocycles. The fraction of sp³-hybridized carbons (Fsp3) is 0.412. The number of hydrogen-bond donors (Lipinski definition) is 1. The second kappa shape index (κ2) is 8.15. The summed E-state index contributed by atoms with van der Waals surface area (Å²) in [4.78, 5) is 27.5. The van der Waals surface area contributed by atoms with Crippen molar-refractivity contribution in [2.45, 2.75) is 6.18 Å². The Morgan fingerprint density at radius 3 is 2.28 bits per heavy atom. The maximum absolute atomic E-state index is 12.5. The van der Waals surface area contributed by atoms with Crippen molar-refractivity contribution in [3.8, 4) is 0 Å². The molecule has 1 heterocycles. The highest BCUT2D eigenvalue weighted by Crippen LogP contribution is 2.29. The summed E-state index contributed by atoms with van der Waals surface area (Å²) in [6.45, 7) is 2.76.